The summed E-state index contributed by atoms with van der Waals surface area (Å²) in [5.41, 5.74) is 1.44. The third kappa shape index (κ3) is 5.61. The van der Waals surface area contributed by atoms with Crippen molar-refractivity contribution in [2.45, 2.75) is 39.4 Å². The molecule has 1 aliphatic rings. The zero-order chi connectivity index (χ0) is 18.1. The van der Waals surface area contributed by atoms with Crippen LogP contribution in [0.4, 0.5) is 5.69 Å². The molecular weight excluding hydrogens is 322 g/mol. The van der Waals surface area contributed by atoms with Gasteiger partial charge in [0.2, 0.25) is 0 Å². The van der Waals surface area contributed by atoms with Gasteiger partial charge in [0.05, 0.1) is 25.0 Å². The molecule has 6 heteroatoms. The highest BCUT2D eigenvalue weighted by Gasteiger charge is 2.16. The van der Waals surface area contributed by atoms with Gasteiger partial charge in [-0.3, -0.25) is 0 Å². The fourth-order valence-corrected chi connectivity index (χ4v) is 2.87. The Kier molecular flexibility index (Phi) is 8.01. The molecule has 0 spiro atoms. The molecule has 0 saturated carbocycles. The molecule has 25 heavy (non-hydrogen) atoms. The van der Waals surface area contributed by atoms with Crippen molar-refractivity contribution in [2.75, 3.05) is 44.9 Å². The van der Waals surface area contributed by atoms with Crippen LogP contribution in [0.1, 0.15) is 43.5 Å². The van der Waals surface area contributed by atoms with Crippen molar-refractivity contribution in [2.24, 2.45) is 0 Å². The first kappa shape index (κ1) is 19.5. The Morgan fingerprint density at radius 2 is 2.04 bits per heavy atom. The Balaban J connectivity index is 2.00. The molecule has 0 bridgehead atoms. The number of carbonyl (C=O) groups excluding carboxylic acids is 1. The summed E-state index contributed by atoms with van der Waals surface area (Å²) in [7, 11) is 1.37. The van der Waals surface area contributed by atoms with Gasteiger partial charge in [-0.25, -0.2) is 4.79 Å². The van der Waals surface area contributed by atoms with Crippen LogP contribution in [0.5, 0.6) is 5.75 Å². The molecule has 6 nitrogen and oxygen atoms in total. The normalized spacial score (nSPS) is 17.2. The number of ether oxygens (including phenoxy) is 4. The average Bonchev–Trinajstić information content (AvgIpc) is 2.67. The standard InChI is InChI=1S/C19H29NO5/c1-4-20(5-2)16-10-9-15(19(21)22-3)14-17(16)23-12-13-25-18-8-6-7-11-24-18/h9-10,14,18H,4-8,11-13H2,1-3H3. The summed E-state index contributed by atoms with van der Waals surface area (Å²) in [6.45, 7) is 7.51. The fraction of sp³-hybridized carbons (Fsp3) is 0.632. The largest absolute Gasteiger partial charge is 0.489 e. The third-order valence-corrected chi connectivity index (χ3v) is 4.27. The summed E-state index contributed by atoms with van der Waals surface area (Å²) in [6, 6.07) is 5.40. The van der Waals surface area contributed by atoms with E-state index in [1.54, 1.807) is 12.1 Å². The van der Waals surface area contributed by atoms with E-state index in [0.717, 1.165) is 44.6 Å². The average molecular weight is 351 g/mol. The first-order chi connectivity index (χ1) is 12.2. The van der Waals surface area contributed by atoms with Crippen molar-refractivity contribution in [3.05, 3.63) is 23.8 Å². The zero-order valence-electron chi connectivity index (χ0n) is 15.5. The minimum atomic E-state index is -0.372. The van der Waals surface area contributed by atoms with Gasteiger partial charge in [-0.2, -0.15) is 0 Å². The quantitative estimate of drug-likeness (QED) is 0.503. The van der Waals surface area contributed by atoms with Crippen molar-refractivity contribution in [1.29, 1.82) is 0 Å². The number of benzene rings is 1. The van der Waals surface area contributed by atoms with E-state index in [9.17, 15) is 4.79 Å². The molecule has 0 radical (unpaired) electrons. The monoisotopic (exact) mass is 351 g/mol. The van der Waals surface area contributed by atoms with Gasteiger partial charge in [0.25, 0.3) is 0 Å². The molecule has 0 N–H and O–H groups in total. The Hall–Kier alpha value is -1.79. The predicted octanol–water partition coefficient (Wildman–Crippen LogP) is 3.24. The number of esters is 1. The lowest BCUT2D eigenvalue weighted by molar-refractivity contribution is -0.165. The summed E-state index contributed by atoms with van der Waals surface area (Å²) in [5, 5.41) is 0. The molecule has 2 rings (SSSR count). The van der Waals surface area contributed by atoms with Crippen molar-refractivity contribution in [3.8, 4) is 5.75 Å². The minimum Gasteiger partial charge on any atom is -0.489 e. The number of anilines is 1. The molecule has 0 amide bonds. The predicted molar refractivity (Wildman–Crippen MR) is 96.4 cm³/mol. The van der Waals surface area contributed by atoms with Crippen molar-refractivity contribution in [1.82, 2.24) is 0 Å². The lowest BCUT2D eigenvalue weighted by Crippen LogP contribution is -2.25. The third-order valence-electron chi connectivity index (χ3n) is 4.27. The molecule has 1 heterocycles. The maximum atomic E-state index is 11.8. The number of methoxy groups -OCH3 is 1. The van der Waals surface area contributed by atoms with Crippen LogP contribution in [0.3, 0.4) is 0 Å². The van der Waals surface area contributed by atoms with E-state index in [2.05, 4.69) is 18.7 Å². The second kappa shape index (κ2) is 10.3. The molecule has 1 unspecified atom stereocenters. The van der Waals surface area contributed by atoms with Crippen LogP contribution >= 0.6 is 0 Å². The maximum Gasteiger partial charge on any atom is 0.337 e. The summed E-state index contributed by atoms with van der Waals surface area (Å²) in [4.78, 5) is 14.0. The van der Waals surface area contributed by atoms with Crippen molar-refractivity contribution in [3.63, 3.8) is 0 Å². The number of rotatable bonds is 9. The summed E-state index contributed by atoms with van der Waals surface area (Å²) in [6.07, 6.45) is 3.05. The van der Waals surface area contributed by atoms with Crippen LogP contribution in [0.2, 0.25) is 0 Å². The number of hydrogen-bond donors (Lipinski definition) is 0. The van der Waals surface area contributed by atoms with Crippen LogP contribution in [-0.4, -0.2) is 52.3 Å². The van der Waals surface area contributed by atoms with E-state index in [-0.39, 0.29) is 12.3 Å². The van der Waals surface area contributed by atoms with Gasteiger partial charge in [0, 0.05) is 19.7 Å². The van der Waals surface area contributed by atoms with Gasteiger partial charge in [-0.1, -0.05) is 0 Å². The van der Waals surface area contributed by atoms with Crippen LogP contribution in [0.25, 0.3) is 0 Å². The van der Waals surface area contributed by atoms with Gasteiger partial charge in [-0.15, -0.1) is 0 Å². The van der Waals surface area contributed by atoms with Crippen molar-refractivity contribution >= 4 is 11.7 Å². The zero-order valence-corrected chi connectivity index (χ0v) is 15.5. The molecule has 1 atom stereocenters. The molecular formula is C19H29NO5. The second-order valence-corrected chi connectivity index (χ2v) is 5.86. The van der Waals surface area contributed by atoms with Gasteiger partial charge >= 0.3 is 5.97 Å². The van der Waals surface area contributed by atoms with Crippen LogP contribution in [-0.2, 0) is 14.2 Å². The minimum absolute atomic E-state index is 0.124. The van der Waals surface area contributed by atoms with E-state index >= 15 is 0 Å². The summed E-state index contributed by atoms with van der Waals surface area (Å²) < 4.78 is 22.0. The van der Waals surface area contributed by atoms with E-state index in [1.165, 1.54) is 7.11 Å². The van der Waals surface area contributed by atoms with Crippen LogP contribution in [0, 0.1) is 0 Å². The van der Waals surface area contributed by atoms with Gasteiger partial charge in [0.1, 0.15) is 12.4 Å². The smallest absolute Gasteiger partial charge is 0.337 e. The highest BCUT2D eigenvalue weighted by Crippen LogP contribution is 2.30. The van der Waals surface area contributed by atoms with Crippen molar-refractivity contribution < 1.29 is 23.7 Å². The highest BCUT2D eigenvalue weighted by atomic mass is 16.7. The number of hydrogen-bond acceptors (Lipinski definition) is 6. The Bertz CT molecular complexity index is 539. The van der Waals surface area contributed by atoms with E-state index < -0.39 is 0 Å². The fourth-order valence-electron chi connectivity index (χ4n) is 2.87. The SMILES string of the molecule is CCN(CC)c1ccc(C(=O)OC)cc1OCCOC1CCCCO1. The van der Waals surface area contributed by atoms with Gasteiger partial charge < -0.3 is 23.8 Å². The summed E-state index contributed by atoms with van der Waals surface area (Å²) >= 11 is 0. The summed E-state index contributed by atoms with van der Waals surface area (Å²) in [5.74, 6) is 0.294. The molecule has 0 aliphatic carbocycles. The Labute approximate surface area is 150 Å². The van der Waals surface area contributed by atoms with Gasteiger partial charge in [-0.05, 0) is 51.3 Å². The number of nitrogens with zero attached hydrogens (tertiary/aromatic N) is 1. The molecule has 1 aromatic carbocycles. The first-order valence-corrected chi connectivity index (χ1v) is 9.02. The maximum absolute atomic E-state index is 11.8. The Morgan fingerprint density at radius 1 is 1.24 bits per heavy atom. The molecule has 1 saturated heterocycles. The van der Waals surface area contributed by atoms with Gasteiger partial charge in [0.15, 0.2) is 6.29 Å². The molecule has 140 valence electrons. The first-order valence-electron chi connectivity index (χ1n) is 9.02. The Morgan fingerprint density at radius 3 is 2.68 bits per heavy atom. The van der Waals surface area contributed by atoms with E-state index in [0.29, 0.717) is 24.5 Å². The molecule has 0 aromatic heterocycles. The lowest BCUT2D eigenvalue weighted by atomic mass is 10.1. The van der Waals surface area contributed by atoms with Crippen LogP contribution < -0.4 is 9.64 Å². The van der Waals surface area contributed by atoms with E-state index in [1.807, 2.05) is 6.07 Å². The van der Waals surface area contributed by atoms with E-state index in [4.69, 9.17) is 18.9 Å². The number of carbonyl (C=O) groups is 1. The van der Waals surface area contributed by atoms with Crippen LogP contribution in [0.15, 0.2) is 18.2 Å². The second-order valence-electron chi connectivity index (χ2n) is 5.86. The molecule has 1 aliphatic heterocycles. The topological polar surface area (TPSA) is 57.2 Å². The molecule has 1 fully saturated rings. The molecule has 1 aromatic rings. The highest BCUT2D eigenvalue weighted by molar-refractivity contribution is 5.90. The lowest BCUT2D eigenvalue weighted by Gasteiger charge is -2.25.